The Bertz CT molecular complexity index is 521. The van der Waals surface area contributed by atoms with Crippen molar-refractivity contribution in [3.8, 4) is 0 Å². The zero-order chi connectivity index (χ0) is 13.5. The van der Waals surface area contributed by atoms with Crippen LogP contribution in [0.15, 0.2) is 47.1 Å². The molecule has 0 aromatic heterocycles. The second-order valence-electron chi connectivity index (χ2n) is 4.17. The van der Waals surface area contributed by atoms with Gasteiger partial charge in [-0.05, 0) is 16.7 Å². The van der Waals surface area contributed by atoms with Crippen LogP contribution in [-0.4, -0.2) is 30.6 Å². The van der Waals surface area contributed by atoms with E-state index in [4.69, 9.17) is 10.3 Å². The molecule has 0 N–H and O–H groups in total. The fraction of sp³-hybridized carbons (Fsp3) is 0.308. The Balaban J connectivity index is 1.78. The SMILES string of the molecule is [N-]=[N+]=NCC1=CCN(C(=O)OCc2ccccc2)C1. The average molecular weight is 258 g/mol. The molecule has 19 heavy (non-hydrogen) atoms. The van der Waals surface area contributed by atoms with Crippen LogP contribution >= 0.6 is 0 Å². The molecule has 0 radical (unpaired) electrons. The third kappa shape index (κ3) is 3.76. The summed E-state index contributed by atoms with van der Waals surface area (Å²) in [4.78, 5) is 16.1. The minimum absolute atomic E-state index is 0.266. The number of nitrogens with zero attached hydrogens (tertiary/aromatic N) is 4. The predicted octanol–water partition coefficient (Wildman–Crippen LogP) is 2.88. The summed E-state index contributed by atoms with van der Waals surface area (Å²) >= 11 is 0. The lowest BCUT2D eigenvalue weighted by Gasteiger charge is -2.16. The summed E-state index contributed by atoms with van der Waals surface area (Å²) in [5.41, 5.74) is 10.1. The molecule has 0 saturated carbocycles. The Labute approximate surface area is 110 Å². The van der Waals surface area contributed by atoms with Gasteiger partial charge in [-0.2, -0.15) is 0 Å². The fourth-order valence-electron chi connectivity index (χ4n) is 1.80. The molecule has 0 saturated heterocycles. The Morgan fingerprint density at radius 3 is 2.95 bits per heavy atom. The number of amides is 1. The van der Waals surface area contributed by atoms with Gasteiger partial charge in [-0.15, -0.1) is 0 Å². The van der Waals surface area contributed by atoms with Gasteiger partial charge in [-0.25, -0.2) is 4.79 Å². The van der Waals surface area contributed by atoms with Crippen LogP contribution in [0.2, 0.25) is 0 Å². The van der Waals surface area contributed by atoms with E-state index in [1.165, 1.54) is 0 Å². The molecule has 1 aromatic rings. The van der Waals surface area contributed by atoms with Crippen molar-refractivity contribution in [3.05, 3.63) is 58.0 Å². The summed E-state index contributed by atoms with van der Waals surface area (Å²) in [6.45, 7) is 1.54. The van der Waals surface area contributed by atoms with Gasteiger partial charge in [-0.3, -0.25) is 0 Å². The summed E-state index contributed by atoms with van der Waals surface area (Å²) in [7, 11) is 0. The molecule has 1 heterocycles. The smallest absolute Gasteiger partial charge is 0.410 e. The van der Waals surface area contributed by atoms with E-state index in [-0.39, 0.29) is 12.7 Å². The first-order valence-corrected chi connectivity index (χ1v) is 5.94. The van der Waals surface area contributed by atoms with Gasteiger partial charge in [0, 0.05) is 24.5 Å². The van der Waals surface area contributed by atoms with Gasteiger partial charge in [0.1, 0.15) is 6.61 Å². The third-order valence-electron chi connectivity index (χ3n) is 2.79. The zero-order valence-electron chi connectivity index (χ0n) is 10.4. The van der Waals surface area contributed by atoms with Crippen molar-refractivity contribution in [2.24, 2.45) is 5.11 Å². The minimum atomic E-state index is -0.351. The maximum atomic E-state index is 11.8. The molecule has 0 spiro atoms. The van der Waals surface area contributed by atoms with Crippen LogP contribution in [0.5, 0.6) is 0 Å². The lowest BCUT2D eigenvalue weighted by atomic mass is 10.2. The van der Waals surface area contributed by atoms with E-state index in [1.54, 1.807) is 4.90 Å². The van der Waals surface area contributed by atoms with Crippen molar-refractivity contribution in [2.75, 3.05) is 19.6 Å². The molecule has 6 heteroatoms. The van der Waals surface area contributed by atoms with Gasteiger partial charge in [0.25, 0.3) is 0 Å². The van der Waals surface area contributed by atoms with Gasteiger partial charge in [0.2, 0.25) is 0 Å². The van der Waals surface area contributed by atoms with E-state index in [0.29, 0.717) is 19.6 Å². The van der Waals surface area contributed by atoms with Gasteiger partial charge in [0.05, 0.1) is 0 Å². The van der Waals surface area contributed by atoms with E-state index < -0.39 is 0 Å². The topological polar surface area (TPSA) is 78.3 Å². The Kier molecular flexibility index (Phi) is 4.42. The highest BCUT2D eigenvalue weighted by Crippen LogP contribution is 2.12. The maximum Gasteiger partial charge on any atom is 0.410 e. The molecule has 0 bridgehead atoms. The zero-order valence-corrected chi connectivity index (χ0v) is 10.4. The summed E-state index contributed by atoms with van der Waals surface area (Å²) < 4.78 is 5.22. The highest BCUT2D eigenvalue weighted by Gasteiger charge is 2.20. The standard InChI is InChI=1S/C13H14N4O2/c14-16-15-8-12-6-7-17(9-12)13(18)19-10-11-4-2-1-3-5-11/h1-6H,7-10H2. The lowest BCUT2D eigenvalue weighted by molar-refractivity contribution is 0.105. The largest absolute Gasteiger partial charge is 0.445 e. The number of azide groups is 1. The van der Waals surface area contributed by atoms with Gasteiger partial charge >= 0.3 is 6.09 Å². The van der Waals surface area contributed by atoms with Crippen molar-refractivity contribution >= 4 is 6.09 Å². The number of benzene rings is 1. The summed E-state index contributed by atoms with van der Waals surface area (Å²) in [6, 6.07) is 9.53. The monoisotopic (exact) mass is 258 g/mol. The Morgan fingerprint density at radius 2 is 2.21 bits per heavy atom. The number of carbonyl (C=O) groups excluding carboxylic acids is 1. The molecule has 1 aliphatic heterocycles. The van der Waals surface area contributed by atoms with Crippen molar-refractivity contribution in [3.63, 3.8) is 0 Å². The molecular weight excluding hydrogens is 244 g/mol. The van der Waals surface area contributed by atoms with Gasteiger partial charge < -0.3 is 9.64 Å². The van der Waals surface area contributed by atoms with Crippen molar-refractivity contribution in [1.82, 2.24) is 4.90 Å². The predicted molar refractivity (Wildman–Crippen MR) is 70.3 cm³/mol. The second kappa shape index (κ2) is 6.47. The fourth-order valence-corrected chi connectivity index (χ4v) is 1.80. The van der Waals surface area contributed by atoms with E-state index in [0.717, 1.165) is 11.1 Å². The molecule has 0 atom stereocenters. The quantitative estimate of drug-likeness (QED) is 0.360. The molecular formula is C13H14N4O2. The van der Waals surface area contributed by atoms with Crippen LogP contribution in [0, 0.1) is 0 Å². The minimum Gasteiger partial charge on any atom is -0.445 e. The van der Waals surface area contributed by atoms with Crippen molar-refractivity contribution < 1.29 is 9.53 Å². The molecule has 2 rings (SSSR count). The van der Waals surface area contributed by atoms with E-state index >= 15 is 0 Å². The third-order valence-corrected chi connectivity index (χ3v) is 2.79. The molecule has 0 fully saturated rings. The molecule has 1 aromatic carbocycles. The Hall–Kier alpha value is -2.46. The Morgan fingerprint density at radius 1 is 1.42 bits per heavy atom. The molecule has 6 nitrogen and oxygen atoms in total. The first kappa shape index (κ1) is 13.0. The highest BCUT2D eigenvalue weighted by atomic mass is 16.6. The number of carbonyl (C=O) groups is 1. The normalized spacial score (nSPS) is 13.7. The summed E-state index contributed by atoms with van der Waals surface area (Å²) in [6.07, 6.45) is 1.54. The van der Waals surface area contributed by atoms with Crippen LogP contribution in [-0.2, 0) is 11.3 Å². The molecule has 1 aliphatic rings. The van der Waals surface area contributed by atoms with Gasteiger partial charge in [-0.1, -0.05) is 41.5 Å². The number of ether oxygens (including phenoxy) is 1. The van der Waals surface area contributed by atoms with Crippen LogP contribution in [0.25, 0.3) is 10.4 Å². The van der Waals surface area contributed by atoms with Crippen molar-refractivity contribution in [2.45, 2.75) is 6.61 Å². The second-order valence-corrected chi connectivity index (χ2v) is 4.17. The van der Waals surface area contributed by atoms with Crippen LogP contribution in [0.3, 0.4) is 0 Å². The molecule has 1 amide bonds. The summed E-state index contributed by atoms with van der Waals surface area (Å²) in [5, 5.41) is 3.47. The first-order chi connectivity index (χ1) is 9.29. The maximum absolute atomic E-state index is 11.8. The highest BCUT2D eigenvalue weighted by molar-refractivity contribution is 5.69. The number of rotatable bonds is 4. The van der Waals surface area contributed by atoms with E-state index in [9.17, 15) is 4.79 Å². The molecule has 0 aliphatic carbocycles. The van der Waals surface area contributed by atoms with Crippen LogP contribution < -0.4 is 0 Å². The van der Waals surface area contributed by atoms with Gasteiger partial charge in [0.15, 0.2) is 0 Å². The van der Waals surface area contributed by atoms with Crippen LogP contribution in [0.4, 0.5) is 4.79 Å². The molecule has 0 unspecified atom stereocenters. The molecule has 98 valence electrons. The summed E-state index contributed by atoms with van der Waals surface area (Å²) in [5.74, 6) is 0. The number of hydrogen-bond donors (Lipinski definition) is 0. The lowest BCUT2D eigenvalue weighted by Crippen LogP contribution is -2.29. The van der Waals surface area contributed by atoms with E-state index in [1.807, 2.05) is 36.4 Å². The van der Waals surface area contributed by atoms with Crippen molar-refractivity contribution in [1.29, 1.82) is 0 Å². The van der Waals surface area contributed by atoms with E-state index in [2.05, 4.69) is 10.0 Å². The average Bonchev–Trinajstić information content (AvgIpc) is 2.92. The van der Waals surface area contributed by atoms with Crippen LogP contribution in [0.1, 0.15) is 5.56 Å². The first-order valence-electron chi connectivity index (χ1n) is 5.94. The number of hydrogen-bond acceptors (Lipinski definition) is 3.